The highest BCUT2D eigenvalue weighted by Crippen LogP contribution is 2.30. The van der Waals surface area contributed by atoms with Crippen molar-refractivity contribution in [2.24, 2.45) is 5.41 Å². The minimum absolute atomic E-state index is 0.0438. The summed E-state index contributed by atoms with van der Waals surface area (Å²) in [6, 6.07) is 7.73. The molecule has 0 radical (unpaired) electrons. The Morgan fingerprint density at radius 1 is 1.18 bits per heavy atom. The molecule has 1 N–H and O–H groups in total. The maximum atomic E-state index is 14.5. The number of nitrogens with zero attached hydrogens (tertiary/aromatic N) is 3. The van der Waals surface area contributed by atoms with E-state index in [1.807, 2.05) is 20.8 Å². The minimum atomic E-state index is -4.33. The molecule has 0 fully saturated rings. The predicted molar refractivity (Wildman–Crippen MR) is 119 cm³/mol. The Morgan fingerprint density at radius 3 is 2.45 bits per heavy atom. The van der Waals surface area contributed by atoms with Crippen molar-refractivity contribution in [2.45, 2.75) is 39.1 Å². The summed E-state index contributed by atoms with van der Waals surface area (Å²) in [5.74, 6) is -1.58. The van der Waals surface area contributed by atoms with E-state index in [4.69, 9.17) is 0 Å². The molecule has 0 saturated heterocycles. The lowest BCUT2D eigenvalue weighted by Crippen LogP contribution is -2.36. The molecule has 0 aliphatic rings. The molecule has 0 bridgehead atoms. The van der Waals surface area contributed by atoms with Crippen molar-refractivity contribution in [3.8, 4) is 11.3 Å². The molecule has 33 heavy (non-hydrogen) atoms. The van der Waals surface area contributed by atoms with Crippen LogP contribution in [0.4, 0.5) is 13.6 Å². The minimum Gasteiger partial charge on any atom is -0.465 e. The summed E-state index contributed by atoms with van der Waals surface area (Å²) in [7, 11) is -4.33. The number of pyridine rings is 1. The van der Waals surface area contributed by atoms with Crippen molar-refractivity contribution in [1.82, 2.24) is 13.9 Å². The van der Waals surface area contributed by atoms with Crippen LogP contribution in [0.25, 0.3) is 11.3 Å². The quantitative estimate of drug-likeness (QED) is 0.510. The van der Waals surface area contributed by atoms with Crippen LogP contribution < -0.4 is 0 Å². The second-order valence-electron chi connectivity index (χ2n) is 8.99. The number of hydrogen-bond donors (Lipinski definition) is 1. The van der Waals surface area contributed by atoms with Gasteiger partial charge in [-0.1, -0.05) is 26.8 Å². The summed E-state index contributed by atoms with van der Waals surface area (Å²) in [6.07, 6.45) is 1.29. The van der Waals surface area contributed by atoms with Gasteiger partial charge >= 0.3 is 6.09 Å². The monoisotopic (exact) mass is 477 g/mol. The Hall–Kier alpha value is -3.27. The first-order valence-electron chi connectivity index (χ1n) is 10.1. The highest BCUT2D eigenvalue weighted by atomic mass is 32.2. The summed E-state index contributed by atoms with van der Waals surface area (Å²) in [5.41, 5.74) is 0.136. The Labute approximate surface area is 191 Å². The number of aromatic nitrogens is 2. The Bertz CT molecular complexity index is 1300. The summed E-state index contributed by atoms with van der Waals surface area (Å²) < 4.78 is 56.2. The predicted octanol–water partition coefficient (Wildman–Crippen LogP) is 4.90. The first-order chi connectivity index (χ1) is 15.3. The zero-order chi connectivity index (χ0) is 24.6. The molecule has 0 aliphatic carbocycles. The lowest BCUT2D eigenvalue weighted by Gasteiger charge is -2.27. The average Bonchev–Trinajstić information content (AvgIpc) is 3.13. The van der Waals surface area contributed by atoms with Crippen molar-refractivity contribution in [1.29, 1.82) is 0 Å². The molecule has 1 aromatic carbocycles. The number of amides is 1. The van der Waals surface area contributed by atoms with Gasteiger partial charge in [-0.2, -0.15) is 4.39 Å². The number of carbonyl (C=O) groups is 1. The molecule has 3 aromatic rings. The van der Waals surface area contributed by atoms with Crippen LogP contribution in [0.3, 0.4) is 0 Å². The molecule has 0 spiro atoms. The second-order valence-corrected chi connectivity index (χ2v) is 10.8. The second kappa shape index (κ2) is 8.93. The van der Waals surface area contributed by atoms with Crippen LogP contribution in [0, 0.1) is 24.1 Å². The summed E-state index contributed by atoms with van der Waals surface area (Å²) in [5, 5.41) is 9.62. The Balaban J connectivity index is 2.16. The van der Waals surface area contributed by atoms with Crippen molar-refractivity contribution in [2.75, 3.05) is 6.54 Å². The average molecular weight is 478 g/mol. The van der Waals surface area contributed by atoms with Crippen molar-refractivity contribution < 1.29 is 27.1 Å². The maximum absolute atomic E-state index is 14.5. The maximum Gasteiger partial charge on any atom is 0.407 e. The van der Waals surface area contributed by atoms with Gasteiger partial charge in [0.25, 0.3) is 10.0 Å². The van der Waals surface area contributed by atoms with Crippen molar-refractivity contribution in [3.63, 3.8) is 0 Å². The molecule has 7 nitrogen and oxygen atoms in total. The number of hydrogen-bond acceptors (Lipinski definition) is 4. The van der Waals surface area contributed by atoms with Gasteiger partial charge in [0.2, 0.25) is 5.95 Å². The first kappa shape index (κ1) is 24.4. The molecule has 3 rings (SSSR count). The smallest absolute Gasteiger partial charge is 0.407 e. The van der Waals surface area contributed by atoms with E-state index in [0.29, 0.717) is 5.56 Å². The third-order valence-corrected chi connectivity index (χ3v) is 6.56. The van der Waals surface area contributed by atoms with E-state index in [9.17, 15) is 27.1 Å². The number of halogens is 2. The van der Waals surface area contributed by atoms with Crippen LogP contribution in [0.2, 0.25) is 0 Å². The van der Waals surface area contributed by atoms with E-state index in [0.717, 1.165) is 14.9 Å². The molecule has 2 heterocycles. The van der Waals surface area contributed by atoms with Crippen LogP contribution in [0.1, 0.15) is 31.9 Å². The molecule has 0 aliphatic heterocycles. The van der Waals surface area contributed by atoms with Gasteiger partial charge in [0.05, 0.1) is 22.7 Å². The number of carboxylic acid groups (broad SMARTS) is 1. The SMILES string of the molecule is Cc1ccc(S(=O)(=O)n2cc(CN(CC(C)(C)C)C(=O)O)cc2-c2cccnc2F)cc1F. The normalized spacial score (nSPS) is 12.1. The highest BCUT2D eigenvalue weighted by molar-refractivity contribution is 7.90. The van der Waals surface area contributed by atoms with Gasteiger partial charge in [-0.15, -0.1) is 0 Å². The van der Waals surface area contributed by atoms with E-state index in [1.165, 1.54) is 49.6 Å². The van der Waals surface area contributed by atoms with Crippen molar-refractivity contribution in [3.05, 3.63) is 71.7 Å². The molecule has 1 amide bonds. The van der Waals surface area contributed by atoms with Gasteiger partial charge in [-0.3, -0.25) is 0 Å². The van der Waals surface area contributed by atoms with Gasteiger partial charge in [0, 0.05) is 18.9 Å². The van der Waals surface area contributed by atoms with Crippen molar-refractivity contribution >= 4 is 16.1 Å². The molecule has 10 heteroatoms. The van der Waals surface area contributed by atoms with E-state index >= 15 is 0 Å². The lowest BCUT2D eigenvalue weighted by atomic mass is 9.96. The van der Waals surface area contributed by atoms with Crippen LogP contribution in [0.5, 0.6) is 0 Å². The third-order valence-electron chi connectivity index (χ3n) is 4.89. The Kier molecular flexibility index (Phi) is 6.60. The van der Waals surface area contributed by atoms with E-state index in [2.05, 4.69) is 4.98 Å². The topological polar surface area (TPSA) is 92.5 Å². The number of benzene rings is 1. The van der Waals surface area contributed by atoms with E-state index in [1.54, 1.807) is 0 Å². The van der Waals surface area contributed by atoms with Gasteiger partial charge in [0.15, 0.2) is 0 Å². The molecule has 0 unspecified atom stereocenters. The molecule has 2 aromatic heterocycles. The van der Waals surface area contributed by atoms with Crippen LogP contribution in [-0.4, -0.2) is 40.0 Å². The van der Waals surface area contributed by atoms with Crippen LogP contribution in [0.15, 0.2) is 53.7 Å². The first-order valence-corrected chi connectivity index (χ1v) is 11.6. The van der Waals surface area contributed by atoms with Gasteiger partial charge in [-0.05, 0) is 53.8 Å². The van der Waals surface area contributed by atoms with Gasteiger partial charge in [0.1, 0.15) is 5.82 Å². The van der Waals surface area contributed by atoms with Gasteiger partial charge in [-0.25, -0.2) is 26.6 Å². The molecular weight excluding hydrogens is 452 g/mol. The largest absolute Gasteiger partial charge is 0.465 e. The fraction of sp³-hybridized carbons (Fsp3) is 0.304. The third kappa shape index (κ3) is 5.39. The summed E-state index contributed by atoms with van der Waals surface area (Å²) >= 11 is 0. The van der Waals surface area contributed by atoms with Crippen LogP contribution >= 0.6 is 0 Å². The highest BCUT2D eigenvalue weighted by Gasteiger charge is 2.27. The summed E-state index contributed by atoms with van der Waals surface area (Å²) in [4.78, 5) is 16.2. The number of rotatable bonds is 6. The zero-order valence-corrected chi connectivity index (χ0v) is 19.5. The molecule has 176 valence electrons. The fourth-order valence-corrected chi connectivity index (χ4v) is 4.79. The standard InChI is InChI=1S/C23H25F2N3O4S/c1-15-7-8-17(11-19(15)24)33(31,32)28-13-16(12-27(22(29)30)14-23(2,3)4)10-20(28)18-6-5-9-26-21(18)25/h5-11,13H,12,14H2,1-4H3,(H,29,30). The lowest BCUT2D eigenvalue weighted by molar-refractivity contribution is 0.123. The Morgan fingerprint density at radius 2 is 1.88 bits per heavy atom. The molecule has 0 saturated carbocycles. The van der Waals surface area contributed by atoms with Crippen LogP contribution in [-0.2, 0) is 16.6 Å². The molecular formula is C23H25F2N3O4S. The summed E-state index contributed by atoms with van der Waals surface area (Å²) in [6.45, 7) is 7.21. The molecule has 0 atom stereocenters. The van der Waals surface area contributed by atoms with Gasteiger partial charge < -0.3 is 10.0 Å². The fourth-order valence-electron chi connectivity index (χ4n) is 3.39. The zero-order valence-electron chi connectivity index (χ0n) is 18.7. The van der Waals surface area contributed by atoms with E-state index < -0.39 is 27.9 Å². The van der Waals surface area contributed by atoms with E-state index in [-0.39, 0.29) is 40.2 Å². The number of aryl methyl sites for hydroxylation is 1.